The maximum atomic E-state index is 9.40. The van der Waals surface area contributed by atoms with E-state index in [0.29, 0.717) is 6.61 Å². The van der Waals surface area contributed by atoms with Gasteiger partial charge in [0.2, 0.25) is 0 Å². The third-order valence-electron chi connectivity index (χ3n) is 3.23. The van der Waals surface area contributed by atoms with Crippen LogP contribution in [0.1, 0.15) is 24.0 Å². The normalized spacial score (nSPS) is 17.7. The third kappa shape index (κ3) is 2.04. The maximum absolute atomic E-state index is 9.40. The van der Waals surface area contributed by atoms with Gasteiger partial charge in [0.15, 0.2) is 0 Å². The predicted octanol–water partition coefficient (Wildman–Crippen LogP) is 1.14. The minimum absolute atomic E-state index is 0.0329. The van der Waals surface area contributed by atoms with Gasteiger partial charge >= 0.3 is 0 Å². The molecule has 0 aromatic heterocycles. The van der Waals surface area contributed by atoms with Gasteiger partial charge in [-0.05, 0) is 30.4 Å². The molecule has 0 aliphatic heterocycles. The van der Waals surface area contributed by atoms with Crippen molar-refractivity contribution in [1.29, 1.82) is 0 Å². The summed E-state index contributed by atoms with van der Waals surface area (Å²) in [6.45, 7) is 0.770. The summed E-state index contributed by atoms with van der Waals surface area (Å²) in [5, 5.41) is 9.40. The Kier molecular flexibility index (Phi) is 3.05. The van der Waals surface area contributed by atoms with Gasteiger partial charge in [0.05, 0.1) is 13.2 Å². The van der Waals surface area contributed by atoms with Crippen LogP contribution in [0.15, 0.2) is 24.3 Å². The number of aliphatic hydroxyl groups is 1. The third-order valence-corrected chi connectivity index (χ3v) is 3.23. The zero-order chi connectivity index (χ0) is 10.7. The second-order valence-electron chi connectivity index (χ2n) is 4.22. The van der Waals surface area contributed by atoms with Crippen molar-refractivity contribution in [3.63, 3.8) is 0 Å². The van der Waals surface area contributed by atoms with Crippen molar-refractivity contribution >= 4 is 0 Å². The number of rotatable bonds is 5. The fourth-order valence-corrected chi connectivity index (χ4v) is 2.09. The zero-order valence-electron chi connectivity index (χ0n) is 8.78. The van der Waals surface area contributed by atoms with E-state index in [4.69, 9.17) is 5.90 Å². The lowest BCUT2D eigenvalue weighted by Gasteiger charge is -2.16. The fraction of sp³-hybridized carbons (Fsp3) is 0.500. The number of hydrogen-bond acceptors (Lipinski definition) is 3. The van der Waals surface area contributed by atoms with E-state index in [9.17, 15) is 5.11 Å². The number of aliphatic hydroxyl groups excluding tert-OH is 1. The highest BCUT2D eigenvalue weighted by Gasteiger charge is 2.44. The number of hydrogen-bond donors (Lipinski definition) is 2. The molecular formula is C12H17NO2. The van der Waals surface area contributed by atoms with Gasteiger partial charge in [-0.3, -0.25) is 0 Å². The Bertz CT molecular complexity index is 334. The molecule has 0 radical (unpaired) electrons. The summed E-state index contributed by atoms with van der Waals surface area (Å²) >= 11 is 0. The summed E-state index contributed by atoms with van der Waals surface area (Å²) in [7, 11) is 0. The van der Waals surface area contributed by atoms with E-state index in [1.54, 1.807) is 0 Å². The Morgan fingerprint density at radius 2 is 2.07 bits per heavy atom. The highest BCUT2D eigenvalue weighted by molar-refractivity contribution is 5.38. The van der Waals surface area contributed by atoms with Crippen molar-refractivity contribution in [2.75, 3.05) is 13.2 Å². The van der Waals surface area contributed by atoms with E-state index in [2.05, 4.69) is 17.0 Å². The van der Waals surface area contributed by atoms with Gasteiger partial charge in [0.1, 0.15) is 0 Å². The largest absolute Gasteiger partial charge is 0.395 e. The quantitative estimate of drug-likeness (QED) is 0.712. The highest BCUT2D eigenvalue weighted by Crippen LogP contribution is 2.48. The molecule has 0 saturated heterocycles. The van der Waals surface area contributed by atoms with Gasteiger partial charge in [-0.1, -0.05) is 24.3 Å². The topological polar surface area (TPSA) is 55.5 Å². The molecule has 2 rings (SSSR count). The SMILES string of the molecule is NOCCc1ccccc1C1(CO)CC1. The van der Waals surface area contributed by atoms with E-state index in [-0.39, 0.29) is 12.0 Å². The molecule has 82 valence electrons. The number of nitrogens with two attached hydrogens (primary N) is 1. The molecule has 0 unspecified atom stereocenters. The molecule has 3 N–H and O–H groups in total. The molecule has 0 heterocycles. The first-order chi connectivity index (χ1) is 7.32. The first-order valence-corrected chi connectivity index (χ1v) is 5.33. The van der Waals surface area contributed by atoms with E-state index in [0.717, 1.165) is 19.3 Å². The molecule has 0 atom stereocenters. The monoisotopic (exact) mass is 207 g/mol. The molecule has 15 heavy (non-hydrogen) atoms. The first kappa shape index (κ1) is 10.6. The summed E-state index contributed by atoms with van der Waals surface area (Å²) in [4.78, 5) is 4.60. The second kappa shape index (κ2) is 4.31. The van der Waals surface area contributed by atoms with Gasteiger partial charge < -0.3 is 9.94 Å². The van der Waals surface area contributed by atoms with E-state index in [1.807, 2.05) is 12.1 Å². The van der Waals surface area contributed by atoms with Crippen molar-refractivity contribution in [2.24, 2.45) is 5.90 Å². The van der Waals surface area contributed by atoms with E-state index in [1.165, 1.54) is 11.1 Å². The summed E-state index contributed by atoms with van der Waals surface area (Å²) in [6, 6.07) is 8.24. The smallest absolute Gasteiger partial charge is 0.0719 e. The molecule has 0 spiro atoms. The van der Waals surface area contributed by atoms with Crippen LogP contribution in [0.2, 0.25) is 0 Å². The van der Waals surface area contributed by atoms with Gasteiger partial charge in [-0.2, -0.15) is 0 Å². The highest BCUT2D eigenvalue weighted by atomic mass is 16.6. The van der Waals surface area contributed by atoms with Crippen LogP contribution in [0.3, 0.4) is 0 Å². The maximum Gasteiger partial charge on any atom is 0.0719 e. The standard InChI is InChI=1S/C12H17NO2/c13-15-8-5-10-3-1-2-4-11(10)12(9-14)6-7-12/h1-4,14H,5-9,13H2. The van der Waals surface area contributed by atoms with Crippen LogP contribution >= 0.6 is 0 Å². The molecule has 1 saturated carbocycles. The lowest BCUT2D eigenvalue weighted by atomic mass is 9.91. The van der Waals surface area contributed by atoms with E-state index < -0.39 is 0 Å². The van der Waals surface area contributed by atoms with Crippen LogP contribution in [0.25, 0.3) is 0 Å². The van der Waals surface area contributed by atoms with Gasteiger partial charge in [-0.25, -0.2) is 5.90 Å². The fourth-order valence-electron chi connectivity index (χ4n) is 2.09. The Balaban J connectivity index is 2.22. The Labute approximate surface area is 89.8 Å². The molecule has 3 nitrogen and oxygen atoms in total. The van der Waals surface area contributed by atoms with Crippen molar-refractivity contribution in [3.8, 4) is 0 Å². The molecule has 1 fully saturated rings. The van der Waals surface area contributed by atoms with Crippen LogP contribution < -0.4 is 5.90 Å². The Morgan fingerprint density at radius 1 is 1.33 bits per heavy atom. The molecule has 1 aromatic rings. The van der Waals surface area contributed by atoms with Crippen molar-refractivity contribution in [1.82, 2.24) is 0 Å². The molecule has 0 amide bonds. The minimum atomic E-state index is 0.0329. The van der Waals surface area contributed by atoms with Crippen LogP contribution in [0, 0.1) is 0 Å². The number of benzene rings is 1. The van der Waals surface area contributed by atoms with Gasteiger partial charge in [0.25, 0.3) is 0 Å². The average Bonchev–Trinajstić information content (AvgIpc) is 3.08. The Morgan fingerprint density at radius 3 is 2.67 bits per heavy atom. The zero-order valence-corrected chi connectivity index (χ0v) is 8.78. The van der Waals surface area contributed by atoms with Crippen LogP contribution in [0.4, 0.5) is 0 Å². The summed E-state index contributed by atoms with van der Waals surface area (Å²) < 4.78 is 0. The van der Waals surface area contributed by atoms with Crippen molar-refractivity contribution < 1.29 is 9.94 Å². The minimum Gasteiger partial charge on any atom is -0.395 e. The second-order valence-corrected chi connectivity index (χ2v) is 4.22. The van der Waals surface area contributed by atoms with Crippen LogP contribution in [-0.4, -0.2) is 18.3 Å². The van der Waals surface area contributed by atoms with Gasteiger partial charge in [0, 0.05) is 5.41 Å². The Hall–Kier alpha value is -0.900. The molecular weight excluding hydrogens is 190 g/mol. The molecule has 3 heteroatoms. The average molecular weight is 207 g/mol. The first-order valence-electron chi connectivity index (χ1n) is 5.33. The lowest BCUT2D eigenvalue weighted by Crippen LogP contribution is -2.15. The van der Waals surface area contributed by atoms with Crippen molar-refractivity contribution in [3.05, 3.63) is 35.4 Å². The van der Waals surface area contributed by atoms with Gasteiger partial charge in [-0.15, -0.1) is 0 Å². The van der Waals surface area contributed by atoms with Crippen LogP contribution in [-0.2, 0) is 16.7 Å². The molecule has 1 aromatic carbocycles. The van der Waals surface area contributed by atoms with E-state index >= 15 is 0 Å². The summed E-state index contributed by atoms with van der Waals surface area (Å²) in [5.41, 5.74) is 2.55. The van der Waals surface area contributed by atoms with Crippen LogP contribution in [0.5, 0.6) is 0 Å². The predicted molar refractivity (Wildman–Crippen MR) is 58.3 cm³/mol. The molecule has 1 aliphatic carbocycles. The molecule has 1 aliphatic rings. The van der Waals surface area contributed by atoms with Crippen molar-refractivity contribution in [2.45, 2.75) is 24.7 Å². The summed E-state index contributed by atoms with van der Waals surface area (Å²) in [6.07, 6.45) is 2.99. The lowest BCUT2D eigenvalue weighted by molar-refractivity contribution is 0.141. The summed E-state index contributed by atoms with van der Waals surface area (Å²) in [5.74, 6) is 5.03. The molecule has 0 bridgehead atoms.